The summed E-state index contributed by atoms with van der Waals surface area (Å²) < 4.78 is 0. The number of carbonyl (C=O) groups is 2. The molecule has 1 atom stereocenters. The van der Waals surface area contributed by atoms with Gasteiger partial charge >= 0.3 is 0 Å². The van der Waals surface area contributed by atoms with Crippen LogP contribution in [0.5, 0.6) is 0 Å². The molecule has 2 aliphatic rings. The fourth-order valence-electron chi connectivity index (χ4n) is 2.20. The minimum absolute atomic E-state index is 0.0413. The Bertz CT molecular complexity index is 310. The fourth-order valence-corrected chi connectivity index (χ4v) is 2.20. The van der Waals surface area contributed by atoms with E-state index in [1.807, 2.05) is 0 Å². The van der Waals surface area contributed by atoms with Crippen LogP contribution in [0.25, 0.3) is 0 Å². The molecule has 16 heavy (non-hydrogen) atoms. The number of hydrogen-bond donors (Lipinski definition) is 1. The minimum atomic E-state index is -0.0413. The highest BCUT2D eigenvalue weighted by molar-refractivity contribution is 5.87. The van der Waals surface area contributed by atoms with E-state index in [9.17, 15) is 9.59 Å². The normalized spacial score (nSPS) is 25.0. The SMILES string of the molecule is C=CC(=O)N1CCC(NC(=O)C2CCC2)C1. The topological polar surface area (TPSA) is 49.4 Å². The molecule has 0 aromatic rings. The van der Waals surface area contributed by atoms with Crippen molar-refractivity contribution in [1.29, 1.82) is 0 Å². The molecule has 1 unspecified atom stereocenters. The summed E-state index contributed by atoms with van der Waals surface area (Å²) in [5, 5.41) is 3.02. The van der Waals surface area contributed by atoms with Crippen LogP contribution >= 0.6 is 0 Å². The number of amides is 2. The first-order valence-corrected chi connectivity index (χ1v) is 5.92. The van der Waals surface area contributed by atoms with E-state index in [-0.39, 0.29) is 23.8 Å². The molecule has 0 aromatic carbocycles. The molecular formula is C12H18N2O2. The average Bonchev–Trinajstić information content (AvgIpc) is 2.62. The monoisotopic (exact) mass is 222 g/mol. The number of nitrogens with one attached hydrogen (secondary N) is 1. The third-order valence-electron chi connectivity index (χ3n) is 3.50. The molecule has 88 valence electrons. The summed E-state index contributed by atoms with van der Waals surface area (Å²) >= 11 is 0. The zero-order valence-electron chi connectivity index (χ0n) is 9.45. The molecule has 4 nitrogen and oxygen atoms in total. The van der Waals surface area contributed by atoms with Crippen LogP contribution in [0.15, 0.2) is 12.7 Å². The Morgan fingerprint density at radius 2 is 2.06 bits per heavy atom. The molecule has 1 saturated carbocycles. The van der Waals surface area contributed by atoms with Crippen LogP contribution in [-0.4, -0.2) is 35.8 Å². The van der Waals surface area contributed by atoms with E-state index in [1.54, 1.807) is 4.90 Å². The molecule has 0 aromatic heterocycles. The first-order valence-electron chi connectivity index (χ1n) is 5.92. The van der Waals surface area contributed by atoms with Gasteiger partial charge in [0.15, 0.2) is 0 Å². The van der Waals surface area contributed by atoms with Crippen molar-refractivity contribution in [2.75, 3.05) is 13.1 Å². The van der Waals surface area contributed by atoms with E-state index in [1.165, 1.54) is 12.5 Å². The van der Waals surface area contributed by atoms with Gasteiger partial charge < -0.3 is 10.2 Å². The Kier molecular flexibility index (Phi) is 3.27. The minimum Gasteiger partial charge on any atom is -0.351 e. The molecule has 1 heterocycles. The maximum Gasteiger partial charge on any atom is 0.246 e. The van der Waals surface area contributed by atoms with Gasteiger partial charge in [0, 0.05) is 25.0 Å². The first-order chi connectivity index (χ1) is 7.70. The number of rotatable bonds is 3. The lowest BCUT2D eigenvalue weighted by Gasteiger charge is -2.26. The highest BCUT2D eigenvalue weighted by atomic mass is 16.2. The molecular weight excluding hydrogens is 204 g/mol. The second kappa shape index (κ2) is 4.68. The van der Waals surface area contributed by atoms with Crippen LogP contribution in [0.4, 0.5) is 0 Å². The summed E-state index contributed by atoms with van der Waals surface area (Å²) in [4.78, 5) is 24.8. The molecule has 0 radical (unpaired) electrons. The quantitative estimate of drug-likeness (QED) is 0.714. The summed E-state index contributed by atoms with van der Waals surface area (Å²) in [5.41, 5.74) is 0. The summed E-state index contributed by atoms with van der Waals surface area (Å²) in [5.74, 6) is 0.355. The molecule has 2 fully saturated rings. The second-order valence-electron chi connectivity index (χ2n) is 4.61. The Morgan fingerprint density at radius 1 is 1.31 bits per heavy atom. The van der Waals surface area contributed by atoms with Gasteiger partial charge in [-0.3, -0.25) is 9.59 Å². The third kappa shape index (κ3) is 2.26. The van der Waals surface area contributed by atoms with Gasteiger partial charge in [-0.25, -0.2) is 0 Å². The van der Waals surface area contributed by atoms with Crippen molar-refractivity contribution in [3.63, 3.8) is 0 Å². The smallest absolute Gasteiger partial charge is 0.246 e. The van der Waals surface area contributed by atoms with E-state index in [4.69, 9.17) is 0 Å². The van der Waals surface area contributed by atoms with Gasteiger partial charge in [-0.2, -0.15) is 0 Å². The largest absolute Gasteiger partial charge is 0.351 e. The Morgan fingerprint density at radius 3 is 2.62 bits per heavy atom. The lowest BCUT2D eigenvalue weighted by Crippen LogP contribution is -2.42. The van der Waals surface area contributed by atoms with Crippen LogP contribution in [0.1, 0.15) is 25.7 Å². The van der Waals surface area contributed by atoms with Gasteiger partial charge in [-0.15, -0.1) is 0 Å². The average molecular weight is 222 g/mol. The zero-order chi connectivity index (χ0) is 11.5. The first kappa shape index (κ1) is 11.2. The lowest BCUT2D eigenvalue weighted by molar-refractivity contribution is -0.129. The summed E-state index contributed by atoms with van der Waals surface area (Å²) in [7, 11) is 0. The highest BCUT2D eigenvalue weighted by Gasteiger charge is 2.30. The van der Waals surface area contributed by atoms with Gasteiger partial charge in [0.1, 0.15) is 0 Å². The molecule has 2 amide bonds. The molecule has 2 rings (SSSR count). The van der Waals surface area contributed by atoms with Gasteiger partial charge in [0.25, 0.3) is 0 Å². The van der Waals surface area contributed by atoms with Crippen molar-refractivity contribution in [2.45, 2.75) is 31.7 Å². The number of nitrogens with zero attached hydrogens (tertiary/aromatic N) is 1. The van der Waals surface area contributed by atoms with Gasteiger partial charge in [0.2, 0.25) is 11.8 Å². The van der Waals surface area contributed by atoms with E-state index >= 15 is 0 Å². The van der Waals surface area contributed by atoms with Gasteiger partial charge in [0.05, 0.1) is 0 Å². The molecule has 0 bridgehead atoms. The summed E-state index contributed by atoms with van der Waals surface area (Å²) in [6.07, 6.45) is 5.40. The number of carbonyl (C=O) groups excluding carboxylic acids is 2. The van der Waals surface area contributed by atoms with Gasteiger partial charge in [-0.05, 0) is 25.3 Å². The van der Waals surface area contributed by atoms with Crippen molar-refractivity contribution in [2.24, 2.45) is 5.92 Å². The van der Waals surface area contributed by atoms with Crippen LogP contribution in [0, 0.1) is 5.92 Å². The van der Waals surface area contributed by atoms with Crippen molar-refractivity contribution in [3.8, 4) is 0 Å². The maximum atomic E-state index is 11.7. The van der Waals surface area contributed by atoms with E-state index in [0.717, 1.165) is 25.8 Å². The van der Waals surface area contributed by atoms with E-state index < -0.39 is 0 Å². The van der Waals surface area contributed by atoms with Crippen molar-refractivity contribution < 1.29 is 9.59 Å². The standard InChI is InChI=1S/C12H18N2O2/c1-2-11(15)14-7-6-10(8-14)13-12(16)9-4-3-5-9/h2,9-10H,1,3-8H2,(H,13,16). The third-order valence-corrected chi connectivity index (χ3v) is 3.50. The van der Waals surface area contributed by atoms with Crippen molar-refractivity contribution in [3.05, 3.63) is 12.7 Å². The molecule has 1 aliphatic heterocycles. The molecule has 1 saturated heterocycles. The van der Waals surface area contributed by atoms with Crippen molar-refractivity contribution in [1.82, 2.24) is 10.2 Å². The fraction of sp³-hybridized carbons (Fsp3) is 0.667. The lowest BCUT2D eigenvalue weighted by atomic mass is 9.84. The van der Waals surface area contributed by atoms with Crippen molar-refractivity contribution >= 4 is 11.8 Å². The highest BCUT2D eigenvalue weighted by Crippen LogP contribution is 2.26. The van der Waals surface area contributed by atoms with Crippen LogP contribution in [0.3, 0.4) is 0 Å². The Hall–Kier alpha value is -1.32. The predicted molar refractivity (Wildman–Crippen MR) is 60.7 cm³/mol. The predicted octanol–water partition coefficient (Wildman–Crippen LogP) is 0.690. The Balaban J connectivity index is 1.77. The van der Waals surface area contributed by atoms with Crippen LogP contribution in [-0.2, 0) is 9.59 Å². The number of hydrogen-bond acceptors (Lipinski definition) is 2. The summed E-state index contributed by atoms with van der Waals surface area (Å²) in [6, 6.07) is 0.136. The molecule has 0 spiro atoms. The maximum absolute atomic E-state index is 11.7. The Labute approximate surface area is 95.7 Å². The molecule has 1 aliphatic carbocycles. The molecule has 4 heteroatoms. The number of likely N-dealkylation sites (tertiary alicyclic amines) is 1. The van der Waals surface area contributed by atoms with Gasteiger partial charge in [-0.1, -0.05) is 13.0 Å². The van der Waals surface area contributed by atoms with Crippen LogP contribution in [0.2, 0.25) is 0 Å². The van der Waals surface area contributed by atoms with E-state index in [2.05, 4.69) is 11.9 Å². The van der Waals surface area contributed by atoms with E-state index in [0.29, 0.717) is 6.54 Å². The van der Waals surface area contributed by atoms with Crippen LogP contribution < -0.4 is 5.32 Å². The second-order valence-corrected chi connectivity index (χ2v) is 4.61. The molecule has 1 N–H and O–H groups in total. The zero-order valence-corrected chi connectivity index (χ0v) is 9.45. The summed E-state index contributed by atoms with van der Waals surface area (Å²) in [6.45, 7) is 4.81.